The van der Waals surface area contributed by atoms with Crippen molar-refractivity contribution in [2.45, 2.75) is 29.0 Å². The van der Waals surface area contributed by atoms with Crippen LogP contribution in [0.2, 0.25) is 0 Å². The molecule has 19 heteroatoms. The maximum atomic E-state index is 13.1. The lowest BCUT2D eigenvalue weighted by Gasteiger charge is -2.39. The van der Waals surface area contributed by atoms with Gasteiger partial charge in [0.15, 0.2) is 30.0 Å². The molecule has 1 saturated carbocycles. The molecule has 4 aliphatic rings. The molecule has 8 atom stereocenters. The summed E-state index contributed by atoms with van der Waals surface area (Å²) in [7, 11) is 0. The van der Waals surface area contributed by atoms with Gasteiger partial charge in [0, 0.05) is 24.9 Å². The van der Waals surface area contributed by atoms with E-state index < -0.39 is 58.6 Å². The summed E-state index contributed by atoms with van der Waals surface area (Å²) < 4.78 is 2.54. The monoisotopic (exact) mass is 842 g/mol. The molecule has 220 valence electrons. The molecule has 3 aliphatic heterocycles. The Morgan fingerprint density at radius 1 is 1.00 bits per heavy atom. The SMILES string of the molecule is NC1=N[C@H]2N3C(N)=N[C@H](O)[C@]34[C@H](Cl)[C@@H](CNC(=O)c3cc(Br)c(Br)[nH]3)[C@H](CNC(=O)c3cc(Br)c(Br)[nH]3)[C@H]4[C@@]2(O)N1. The molecule has 2 aromatic heterocycles. The number of aliphatic hydroxyl groups excluding tert-OH is 1. The van der Waals surface area contributed by atoms with Gasteiger partial charge in [-0.2, -0.15) is 0 Å². The Morgan fingerprint density at radius 2 is 1.54 bits per heavy atom. The number of nitrogens with zero attached hydrogens (tertiary/aromatic N) is 3. The molecule has 0 aromatic carbocycles. The third-order valence-electron chi connectivity index (χ3n) is 8.26. The van der Waals surface area contributed by atoms with E-state index >= 15 is 0 Å². The van der Waals surface area contributed by atoms with Crippen molar-refractivity contribution < 1.29 is 19.8 Å². The topological polar surface area (TPSA) is 222 Å². The molecule has 1 saturated heterocycles. The molecule has 5 heterocycles. The first-order valence-electron chi connectivity index (χ1n) is 12.2. The highest BCUT2D eigenvalue weighted by Gasteiger charge is 2.82. The third kappa shape index (κ3) is 4.19. The summed E-state index contributed by atoms with van der Waals surface area (Å²) >= 11 is 20.6. The van der Waals surface area contributed by atoms with E-state index in [0.717, 1.165) is 0 Å². The van der Waals surface area contributed by atoms with Gasteiger partial charge in [-0.15, -0.1) is 11.6 Å². The molecular formula is C22H23Br4ClN10O4. The van der Waals surface area contributed by atoms with E-state index in [4.69, 9.17) is 23.1 Å². The molecule has 1 spiro atoms. The van der Waals surface area contributed by atoms with Gasteiger partial charge in [-0.1, -0.05) is 0 Å². The summed E-state index contributed by atoms with van der Waals surface area (Å²) in [6.45, 7) is 0.0527. The largest absolute Gasteiger partial charge is 0.370 e. The molecule has 41 heavy (non-hydrogen) atoms. The molecule has 6 rings (SSSR count). The van der Waals surface area contributed by atoms with Crippen molar-refractivity contribution in [2.75, 3.05) is 13.1 Å². The fourth-order valence-corrected chi connectivity index (χ4v) is 8.69. The normalized spacial score (nSPS) is 35.0. The fourth-order valence-electron chi connectivity index (χ4n) is 6.75. The van der Waals surface area contributed by atoms with Gasteiger partial charge in [-0.3, -0.25) is 9.59 Å². The van der Waals surface area contributed by atoms with E-state index in [0.29, 0.717) is 23.8 Å². The van der Waals surface area contributed by atoms with Crippen molar-refractivity contribution in [3.8, 4) is 0 Å². The number of nitrogens with two attached hydrogens (primary N) is 2. The Bertz CT molecular complexity index is 1480. The summed E-state index contributed by atoms with van der Waals surface area (Å²) in [6.07, 6.45) is -2.44. The number of nitrogens with one attached hydrogen (secondary N) is 5. The summed E-state index contributed by atoms with van der Waals surface area (Å²) in [5.74, 6) is -2.97. The standard InChI is InChI=1S/C22H23Br4ClN10O4/c23-7-1-9(32-13(7)25)15(38)30-3-5-6(4-31-16(39)10-2-8(24)14(26)33-10)12(27)21-11(5)22(41)17(34-19(28)36-22)37(21)20(29)35-18(21)40/h1-2,5-6,11-12,17-18,32-33,40-41H,3-4H2,(H2,29,35)(H,30,38)(H,31,39)(H3,28,34,36)/t5-,6-,11+,12+,17-,18+,21-,22-/m0/s1. The number of amides is 2. The lowest BCUT2D eigenvalue weighted by Crippen LogP contribution is -2.61. The Balaban J connectivity index is 1.35. The molecule has 2 aromatic rings. The molecule has 2 amide bonds. The number of H-pyrrole nitrogens is 2. The number of rotatable bonds is 6. The second-order valence-electron chi connectivity index (χ2n) is 10.3. The molecule has 0 bridgehead atoms. The number of carbonyl (C=O) groups excluding carboxylic acids is 2. The van der Waals surface area contributed by atoms with Gasteiger partial charge < -0.3 is 52.5 Å². The number of aliphatic imine (C=N–C) groups is 2. The van der Waals surface area contributed by atoms with Gasteiger partial charge in [0.05, 0.1) is 23.5 Å². The predicted octanol–water partition coefficient (Wildman–Crippen LogP) is 0.656. The Kier molecular flexibility index (Phi) is 7.22. The second-order valence-corrected chi connectivity index (χ2v) is 14.0. The van der Waals surface area contributed by atoms with Crippen LogP contribution in [-0.4, -0.2) is 90.9 Å². The highest BCUT2D eigenvalue weighted by Crippen LogP contribution is 2.63. The van der Waals surface area contributed by atoms with E-state index in [1.165, 1.54) is 4.90 Å². The number of hydrogen-bond donors (Lipinski definition) is 9. The Hall–Kier alpha value is -1.83. The van der Waals surface area contributed by atoms with Crippen LogP contribution in [0.1, 0.15) is 21.0 Å². The maximum Gasteiger partial charge on any atom is 0.267 e. The quantitative estimate of drug-likeness (QED) is 0.188. The van der Waals surface area contributed by atoms with E-state index in [-0.39, 0.29) is 30.7 Å². The average Bonchev–Trinajstić information content (AvgIpc) is 3.67. The number of fused-ring (bicyclic) bond motifs is 3. The highest BCUT2D eigenvalue weighted by molar-refractivity contribution is 9.13. The van der Waals surface area contributed by atoms with Crippen molar-refractivity contribution in [1.29, 1.82) is 0 Å². The minimum atomic E-state index is -1.80. The zero-order valence-corrected chi connectivity index (χ0v) is 27.7. The number of carbonyl (C=O) groups is 2. The maximum absolute atomic E-state index is 13.1. The van der Waals surface area contributed by atoms with E-state index in [1.54, 1.807) is 12.1 Å². The van der Waals surface area contributed by atoms with Crippen LogP contribution in [0, 0.1) is 17.8 Å². The van der Waals surface area contributed by atoms with Gasteiger partial charge in [0.1, 0.15) is 16.9 Å². The Morgan fingerprint density at radius 3 is 2.05 bits per heavy atom. The number of hydrogen-bond acceptors (Lipinski definition) is 10. The molecule has 2 fully saturated rings. The molecule has 0 radical (unpaired) electrons. The van der Waals surface area contributed by atoms with Crippen LogP contribution in [0.3, 0.4) is 0 Å². The van der Waals surface area contributed by atoms with Crippen molar-refractivity contribution >= 4 is 99.1 Å². The van der Waals surface area contributed by atoms with E-state index in [1.807, 2.05) is 0 Å². The molecular weight excluding hydrogens is 823 g/mol. The van der Waals surface area contributed by atoms with Crippen LogP contribution in [0.25, 0.3) is 0 Å². The van der Waals surface area contributed by atoms with Gasteiger partial charge in [-0.05, 0) is 81.8 Å². The zero-order chi connectivity index (χ0) is 29.6. The molecule has 11 N–H and O–H groups in total. The van der Waals surface area contributed by atoms with Gasteiger partial charge in [0.2, 0.25) is 0 Å². The number of aromatic amines is 2. The fraction of sp³-hybridized carbons (Fsp3) is 0.455. The van der Waals surface area contributed by atoms with Crippen LogP contribution in [0.4, 0.5) is 0 Å². The van der Waals surface area contributed by atoms with Crippen molar-refractivity contribution in [1.82, 2.24) is 30.8 Å². The second kappa shape index (κ2) is 10.1. The lowest BCUT2D eigenvalue weighted by molar-refractivity contribution is -0.0560. The predicted molar refractivity (Wildman–Crippen MR) is 163 cm³/mol. The highest BCUT2D eigenvalue weighted by atomic mass is 79.9. The van der Waals surface area contributed by atoms with Crippen molar-refractivity contribution in [3.63, 3.8) is 0 Å². The first kappa shape index (κ1) is 29.3. The summed E-state index contributed by atoms with van der Waals surface area (Å²) in [6, 6.07) is 3.24. The minimum Gasteiger partial charge on any atom is -0.370 e. The number of guanidine groups is 2. The third-order valence-corrected chi connectivity index (χ3v) is 12.5. The molecule has 0 unspecified atom stereocenters. The smallest absolute Gasteiger partial charge is 0.267 e. The zero-order valence-electron chi connectivity index (χ0n) is 20.6. The molecule has 14 nitrogen and oxygen atoms in total. The number of alkyl halides is 1. The minimum absolute atomic E-state index is 0.0138. The van der Waals surface area contributed by atoms with Gasteiger partial charge in [0.25, 0.3) is 11.8 Å². The summed E-state index contributed by atoms with van der Waals surface area (Å²) in [5, 5.41) is 31.1. The first-order chi connectivity index (χ1) is 19.3. The van der Waals surface area contributed by atoms with Crippen LogP contribution < -0.4 is 27.4 Å². The van der Waals surface area contributed by atoms with Crippen LogP contribution in [0.5, 0.6) is 0 Å². The first-order valence-corrected chi connectivity index (χ1v) is 15.8. The summed E-state index contributed by atoms with van der Waals surface area (Å²) in [5.41, 5.74) is 9.60. The van der Waals surface area contributed by atoms with E-state index in [9.17, 15) is 19.8 Å². The van der Waals surface area contributed by atoms with Crippen LogP contribution >= 0.6 is 75.3 Å². The van der Waals surface area contributed by atoms with Gasteiger partial charge in [-0.25, -0.2) is 9.98 Å². The van der Waals surface area contributed by atoms with Crippen LogP contribution in [0.15, 0.2) is 40.3 Å². The number of aliphatic hydroxyl groups is 2. The average molecular weight is 847 g/mol. The van der Waals surface area contributed by atoms with Crippen molar-refractivity contribution in [2.24, 2.45) is 39.2 Å². The summed E-state index contributed by atoms with van der Waals surface area (Å²) in [4.78, 5) is 42.1. The number of halogens is 5. The lowest BCUT2D eigenvalue weighted by atomic mass is 9.77. The Labute approximate surface area is 271 Å². The molecule has 1 aliphatic carbocycles. The van der Waals surface area contributed by atoms with Crippen LogP contribution in [-0.2, 0) is 0 Å². The van der Waals surface area contributed by atoms with Crippen molar-refractivity contribution in [3.05, 3.63) is 41.7 Å². The van der Waals surface area contributed by atoms with E-state index in [2.05, 4.69) is 99.6 Å². The number of aromatic nitrogens is 2. The van der Waals surface area contributed by atoms with Gasteiger partial charge >= 0.3 is 0 Å².